The van der Waals surface area contributed by atoms with Gasteiger partial charge in [-0.1, -0.05) is 5.11 Å². The van der Waals surface area contributed by atoms with Crippen LogP contribution < -0.4 is 4.90 Å². The molecule has 1 saturated heterocycles. The molecule has 114 valence electrons. The van der Waals surface area contributed by atoms with E-state index in [0.717, 1.165) is 12.1 Å². The van der Waals surface area contributed by atoms with Crippen molar-refractivity contribution in [3.63, 3.8) is 0 Å². The van der Waals surface area contributed by atoms with Gasteiger partial charge < -0.3 is 4.90 Å². The molecule has 1 fully saturated rings. The molecule has 0 spiro atoms. The monoisotopic (exact) mass is 306 g/mol. The number of nitro groups is 2. The molecule has 1 amide bonds. The normalized spacial score (nSPS) is 17.2. The van der Waals surface area contributed by atoms with Gasteiger partial charge in [-0.25, -0.2) is 0 Å². The predicted octanol–water partition coefficient (Wildman–Crippen LogP) is 2.17. The van der Waals surface area contributed by atoms with E-state index in [1.54, 1.807) is 0 Å². The van der Waals surface area contributed by atoms with Crippen LogP contribution >= 0.6 is 0 Å². The average molecular weight is 306 g/mol. The molecule has 1 aromatic rings. The van der Waals surface area contributed by atoms with E-state index in [1.807, 2.05) is 0 Å². The summed E-state index contributed by atoms with van der Waals surface area (Å²) in [7, 11) is 0. The van der Waals surface area contributed by atoms with Crippen molar-refractivity contribution in [2.75, 3.05) is 18.0 Å². The second kappa shape index (κ2) is 6.06. The highest BCUT2D eigenvalue weighted by Gasteiger charge is 2.34. The van der Waals surface area contributed by atoms with Gasteiger partial charge in [-0.05, 0) is 17.5 Å². The predicted molar refractivity (Wildman–Crippen MR) is 74.2 cm³/mol. The topological polar surface area (TPSA) is 155 Å². The van der Waals surface area contributed by atoms with Crippen LogP contribution in [0.15, 0.2) is 23.3 Å². The maximum Gasteiger partial charge on any atom is 0.299 e. The van der Waals surface area contributed by atoms with Crippen LogP contribution in [-0.4, -0.2) is 28.8 Å². The van der Waals surface area contributed by atoms with Crippen LogP contribution in [0, 0.1) is 26.1 Å². The Bertz CT molecular complexity index is 698. The summed E-state index contributed by atoms with van der Waals surface area (Å²) in [6, 6.07) is 3.11. The Balaban J connectivity index is 2.35. The van der Waals surface area contributed by atoms with E-state index in [1.165, 1.54) is 11.0 Å². The molecule has 0 aliphatic carbocycles. The molecule has 1 aliphatic heterocycles. The third kappa shape index (κ3) is 2.94. The summed E-state index contributed by atoms with van der Waals surface area (Å²) in [6.45, 7) is 0.274. The zero-order chi connectivity index (χ0) is 16.3. The standard InChI is InChI=1S/C11H10N6O5/c12-14-13-5-7-3-11(18)15(6-7)9-2-1-8(16(19)20)4-10(9)17(21)22/h1-2,4,7H,3,5-6H2. The SMILES string of the molecule is [N-]=[N+]=NCC1CC(=O)N(c2ccc([N+](=O)[O-])cc2[N+](=O)[O-])C1. The van der Waals surface area contributed by atoms with Crippen molar-refractivity contribution in [3.8, 4) is 0 Å². The number of amides is 1. The Labute approximate surface area is 123 Å². The first kappa shape index (κ1) is 15.2. The lowest BCUT2D eigenvalue weighted by Gasteiger charge is -2.16. The van der Waals surface area contributed by atoms with Crippen LogP contribution in [0.3, 0.4) is 0 Å². The smallest absolute Gasteiger partial charge is 0.299 e. The Kier molecular flexibility index (Phi) is 4.18. The lowest BCUT2D eigenvalue weighted by Crippen LogP contribution is -2.25. The van der Waals surface area contributed by atoms with Crippen molar-refractivity contribution in [2.24, 2.45) is 11.0 Å². The first-order valence-corrected chi connectivity index (χ1v) is 6.18. The number of azide groups is 1. The first-order chi connectivity index (χ1) is 10.4. The average Bonchev–Trinajstić information content (AvgIpc) is 2.85. The Hall–Kier alpha value is -3.20. The molecule has 1 aliphatic rings. The van der Waals surface area contributed by atoms with Crippen molar-refractivity contribution in [3.05, 3.63) is 48.9 Å². The van der Waals surface area contributed by atoms with E-state index in [0.29, 0.717) is 0 Å². The zero-order valence-corrected chi connectivity index (χ0v) is 11.2. The van der Waals surface area contributed by atoms with Crippen LogP contribution in [0.5, 0.6) is 0 Å². The highest BCUT2D eigenvalue weighted by atomic mass is 16.6. The van der Waals surface area contributed by atoms with E-state index in [-0.39, 0.29) is 37.0 Å². The van der Waals surface area contributed by atoms with E-state index < -0.39 is 21.2 Å². The molecule has 1 heterocycles. The molecule has 11 heteroatoms. The van der Waals surface area contributed by atoms with E-state index in [2.05, 4.69) is 10.0 Å². The van der Waals surface area contributed by atoms with Crippen LogP contribution in [0.2, 0.25) is 0 Å². The van der Waals surface area contributed by atoms with Gasteiger partial charge in [0.2, 0.25) is 5.91 Å². The van der Waals surface area contributed by atoms with Crippen molar-refractivity contribution < 1.29 is 14.6 Å². The van der Waals surface area contributed by atoms with Crippen LogP contribution in [-0.2, 0) is 4.79 Å². The number of anilines is 1. The second-order valence-electron chi connectivity index (χ2n) is 4.68. The van der Waals surface area contributed by atoms with E-state index in [4.69, 9.17) is 5.53 Å². The minimum Gasteiger partial charge on any atom is -0.306 e. The summed E-state index contributed by atoms with van der Waals surface area (Å²) >= 11 is 0. The fourth-order valence-electron chi connectivity index (χ4n) is 2.29. The van der Waals surface area contributed by atoms with E-state index in [9.17, 15) is 25.0 Å². The number of hydrogen-bond donors (Lipinski definition) is 0. The molecule has 1 atom stereocenters. The highest BCUT2D eigenvalue weighted by Crippen LogP contribution is 2.35. The third-order valence-electron chi connectivity index (χ3n) is 3.27. The molecule has 0 N–H and O–H groups in total. The highest BCUT2D eigenvalue weighted by molar-refractivity contribution is 5.98. The quantitative estimate of drug-likeness (QED) is 0.268. The lowest BCUT2D eigenvalue weighted by atomic mass is 10.1. The summed E-state index contributed by atoms with van der Waals surface area (Å²) < 4.78 is 0. The van der Waals surface area contributed by atoms with Crippen molar-refractivity contribution >= 4 is 23.0 Å². The molecule has 0 aromatic heterocycles. The van der Waals surface area contributed by atoms with Crippen molar-refractivity contribution in [1.82, 2.24) is 0 Å². The molecule has 11 nitrogen and oxygen atoms in total. The Morgan fingerprint density at radius 1 is 1.36 bits per heavy atom. The third-order valence-corrected chi connectivity index (χ3v) is 3.27. The number of nitrogens with zero attached hydrogens (tertiary/aromatic N) is 6. The van der Waals surface area contributed by atoms with Gasteiger partial charge >= 0.3 is 0 Å². The number of carbonyl (C=O) groups is 1. The first-order valence-electron chi connectivity index (χ1n) is 6.18. The summed E-state index contributed by atoms with van der Waals surface area (Å²) in [6.07, 6.45) is 0.104. The summed E-state index contributed by atoms with van der Waals surface area (Å²) in [5.41, 5.74) is 7.35. The van der Waals surface area contributed by atoms with Gasteiger partial charge in [0, 0.05) is 30.5 Å². The fraction of sp³-hybridized carbons (Fsp3) is 0.364. The van der Waals surface area contributed by atoms with Gasteiger partial charge in [-0.2, -0.15) is 0 Å². The molecule has 22 heavy (non-hydrogen) atoms. The Morgan fingerprint density at radius 3 is 2.68 bits per heavy atom. The molecule has 1 unspecified atom stereocenters. The minimum atomic E-state index is -0.767. The Morgan fingerprint density at radius 2 is 2.09 bits per heavy atom. The summed E-state index contributed by atoms with van der Waals surface area (Å²) in [5, 5.41) is 25.2. The summed E-state index contributed by atoms with van der Waals surface area (Å²) in [5.74, 6) is -0.590. The van der Waals surface area contributed by atoms with Crippen LogP contribution in [0.1, 0.15) is 6.42 Å². The van der Waals surface area contributed by atoms with Gasteiger partial charge in [-0.3, -0.25) is 25.0 Å². The van der Waals surface area contributed by atoms with Gasteiger partial charge in [0.25, 0.3) is 11.4 Å². The zero-order valence-electron chi connectivity index (χ0n) is 11.2. The number of hydrogen-bond acceptors (Lipinski definition) is 6. The maximum absolute atomic E-state index is 12.0. The second-order valence-corrected chi connectivity index (χ2v) is 4.68. The van der Waals surface area contributed by atoms with Gasteiger partial charge in [0.1, 0.15) is 5.69 Å². The summed E-state index contributed by atoms with van der Waals surface area (Å²) in [4.78, 5) is 36.1. The molecule has 0 saturated carbocycles. The fourth-order valence-corrected chi connectivity index (χ4v) is 2.29. The molecule has 2 rings (SSSR count). The van der Waals surface area contributed by atoms with Gasteiger partial charge in [0.15, 0.2) is 0 Å². The molecular weight excluding hydrogens is 296 g/mol. The number of non-ortho nitro benzene ring substituents is 1. The van der Waals surface area contributed by atoms with Crippen LogP contribution in [0.4, 0.5) is 17.1 Å². The van der Waals surface area contributed by atoms with Crippen molar-refractivity contribution in [2.45, 2.75) is 6.42 Å². The van der Waals surface area contributed by atoms with Gasteiger partial charge in [-0.15, -0.1) is 0 Å². The lowest BCUT2D eigenvalue weighted by molar-refractivity contribution is -0.393. The molecule has 1 aromatic carbocycles. The molecule has 0 bridgehead atoms. The molecular formula is C11H10N6O5. The van der Waals surface area contributed by atoms with Crippen molar-refractivity contribution in [1.29, 1.82) is 0 Å². The number of nitro benzene ring substituents is 2. The number of benzene rings is 1. The molecule has 0 radical (unpaired) electrons. The maximum atomic E-state index is 12.0. The minimum absolute atomic E-state index is 0.00374. The van der Waals surface area contributed by atoms with Gasteiger partial charge in [0.05, 0.1) is 15.9 Å². The van der Waals surface area contributed by atoms with E-state index >= 15 is 0 Å². The number of carbonyl (C=O) groups excluding carboxylic acids is 1. The largest absolute Gasteiger partial charge is 0.306 e. The number of rotatable bonds is 5. The van der Waals surface area contributed by atoms with Crippen LogP contribution in [0.25, 0.3) is 10.4 Å².